The summed E-state index contributed by atoms with van der Waals surface area (Å²) >= 11 is 1.60. The molecule has 0 aliphatic heterocycles. The molecular formula is C9H12OS. The van der Waals surface area contributed by atoms with Crippen LogP contribution >= 0.6 is 11.3 Å². The van der Waals surface area contributed by atoms with Crippen LogP contribution in [0.5, 0.6) is 0 Å². The molecular weight excluding hydrogens is 156 g/mol. The van der Waals surface area contributed by atoms with Crippen molar-refractivity contribution >= 4 is 11.3 Å². The molecule has 0 fully saturated rings. The molecule has 1 aromatic heterocycles. The van der Waals surface area contributed by atoms with Crippen LogP contribution in [0.15, 0.2) is 29.7 Å². The molecule has 0 spiro atoms. The first-order valence-corrected chi connectivity index (χ1v) is 4.55. The fourth-order valence-electron chi connectivity index (χ4n) is 0.862. The highest BCUT2D eigenvalue weighted by Gasteiger charge is 2.04. The quantitative estimate of drug-likeness (QED) is 0.688. The molecule has 1 nitrogen and oxygen atoms in total. The molecule has 0 aliphatic carbocycles. The molecule has 2 heteroatoms. The summed E-state index contributed by atoms with van der Waals surface area (Å²) in [5.41, 5.74) is 0. The summed E-state index contributed by atoms with van der Waals surface area (Å²) in [5, 5.41) is 11.5. The molecule has 0 amide bonds. The Morgan fingerprint density at radius 3 is 3.09 bits per heavy atom. The zero-order chi connectivity index (χ0) is 8.10. The van der Waals surface area contributed by atoms with Gasteiger partial charge in [0.05, 0.1) is 6.10 Å². The zero-order valence-electron chi connectivity index (χ0n) is 6.53. The smallest absolute Gasteiger partial charge is 0.0916 e. The Morgan fingerprint density at radius 2 is 2.55 bits per heavy atom. The number of aliphatic hydroxyl groups is 1. The van der Waals surface area contributed by atoms with Crippen LogP contribution in [0, 0.1) is 0 Å². The van der Waals surface area contributed by atoms with E-state index in [1.807, 2.05) is 36.6 Å². The van der Waals surface area contributed by atoms with E-state index < -0.39 is 0 Å². The monoisotopic (exact) mass is 168 g/mol. The minimum Gasteiger partial charge on any atom is -0.387 e. The van der Waals surface area contributed by atoms with Gasteiger partial charge in [0.25, 0.3) is 0 Å². The highest BCUT2D eigenvalue weighted by molar-refractivity contribution is 7.10. The van der Waals surface area contributed by atoms with Crippen molar-refractivity contribution in [2.24, 2.45) is 0 Å². The Kier molecular flexibility index (Phi) is 3.33. The minimum absolute atomic E-state index is 0.314. The van der Waals surface area contributed by atoms with E-state index in [2.05, 4.69) is 0 Å². The lowest BCUT2D eigenvalue weighted by Gasteiger charge is -2.02. The van der Waals surface area contributed by atoms with Crippen LogP contribution in [0.2, 0.25) is 0 Å². The number of thiophene rings is 1. The normalized spacial score (nSPS) is 14.0. The Morgan fingerprint density at radius 1 is 1.73 bits per heavy atom. The Balaban J connectivity index is 2.49. The summed E-state index contributed by atoms with van der Waals surface area (Å²) in [5.74, 6) is 0. The number of hydrogen-bond acceptors (Lipinski definition) is 2. The predicted molar refractivity (Wildman–Crippen MR) is 48.7 cm³/mol. The number of rotatable bonds is 3. The molecule has 1 heterocycles. The lowest BCUT2D eigenvalue weighted by Crippen LogP contribution is -1.90. The summed E-state index contributed by atoms with van der Waals surface area (Å²) in [4.78, 5) is 1.04. The summed E-state index contributed by atoms with van der Waals surface area (Å²) in [6, 6.07) is 3.91. The van der Waals surface area contributed by atoms with E-state index in [1.54, 1.807) is 11.3 Å². The van der Waals surface area contributed by atoms with Gasteiger partial charge in [-0.2, -0.15) is 0 Å². The van der Waals surface area contributed by atoms with Gasteiger partial charge in [0.15, 0.2) is 0 Å². The van der Waals surface area contributed by atoms with Gasteiger partial charge in [-0.05, 0) is 24.8 Å². The standard InChI is InChI=1S/C9H12OS/c1-2-3-5-8(10)9-6-4-7-11-9/h2-4,6-8,10H,5H2,1H3/b3-2-. The highest BCUT2D eigenvalue weighted by atomic mass is 32.1. The largest absolute Gasteiger partial charge is 0.387 e. The van der Waals surface area contributed by atoms with E-state index in [4.69, 9.17) is 0 Å². The average Bonchev–Trinajstić information content (AvgIpc) is 2.52. The SMILES string of the molecule is C/C=C\CC(O)c1cccs1. The maximum absolute atomic E-state index is 9.50. The van der Waals surface area contributed by atoms with E-state index in [1.165, 1.54) is 0 Å². The molecule has 1 rings (SSSR count). The fraction of sp³-hybridized carbons (Fsp3) is 0.333. The molecule has 1 N–H and O–H groups in total. The van der Waals surface area contributed by atoms with Gasteiger partial charge in [0, 0.05) is 4.88 Å². The minimum atomic E-state index is -0.314. The fourth-order valence-corrected chi connectivity index (χ4v) is 1.59. The van der Waals surface area contributed by atoms with Crippen LogP contribution < -0.4 is 0 Å². The van der Waals surface area contributed by atoms with Crippen molar-refractivity contribution in [3.05, 3.63) is 34.5 Å². The Bertz CT molecular complexity index is 213. The number of hydrogen-bond donors (Lipinski definition) is 1. The van der Waals surface area contributed by atoms with E-state index >= 15 is 0 Å². The van der Waals surface area contributed by atoms with Crippen molar-refractivity contribution in [1.29, 1.82) is 0 Å². The first-order valence-electron chi connectivity index (χ1n) is 3.67. The van der Waals surface area contributed by atoms with Crippen molar-refractivity contribution in [3.8, 4) is 0 Å². The lowest BCUT2D eigenvalue weighted by molar-refractivity contribution is 0.185. The maximum atomic E-state index is 9.50. The second-order valence-corrected chi connectivity index (χ2v) is 3.32. The topological polar surface area (TPSA) is 20.2 Å². The Labute approximate surface area is 71.0 Å². The van der Waals surface area contributed by atoms with Crippen LogP contribution in [-0.2, 0) is 0 Å². The summed E-state index contributed by atoms with van der Waals surface area (Å²) in [6.07, 6.45) is 4.34. The van der Waals surface area contributed by atoms with Crippen LogP contribution in [0.1, 0.15) is 24.3 Å². The molecule has 11 heavy (non-hydrogen) atoms. The van der Waals surface area contributed by atoms with Crippen LogP contribution in [0.3, 0.4) is 0 Å². The molecule has 0 saturated heterocycles. The Hall–Kier alpha value is -0.600. The maximum Gasteiger partial charge on any atom is 0.0916 e. The van der Waals surface area contributed by atoms with E-state index in [0.717, 1.165) is 11.3 Å². The second kappa shape index (κ2) is 4.31. The molecule has 60 valence electrons. The third-order valence-electron chi connectivity index (χ3n) is 1.47. The molecule has 1 aromatic rings. The average molecular weight is 168 g/mol. The van der Waals surface area contributed by atoms with Gasteiger partial charge in [-0.15, -0.1) is 11.3 Å². The predicted octanol–water partition coefficient (Wildman–Crippen LogP) is 2.75. The molecule has 0 radical (unpaired) electrons. The molecule has 1 atom stereocenters. The molecule has 0 aliphatic rings. The summed E-state index contributed by atoms with van der Waals surface area (Å²) < 4.78 is 0. The van der Waals surface area contributed by atoms with Gasteiger partial charge in [0.1, 0.15) is 0 Å². The van der Waals surface area contributed by atoms with E-state index in [9.17, 15) is 5.11 Å². The van der Waals surface area contributed by atoms with Crippen molar-refractivity contribution in [2.45, 2.75) is 19.4 Å². The number of allylic oxidation sites excluding steroid dienone is 1. The van der Waals surface area contributed by atoms with Crippen molar-refractivity contribution in [1.82, 2.24) is 0 Å². The van der Waals surface area contributed by atoms with Gasteiger partial charge in [0.2, 0.25) is 0 Å². The summed E-state index contributed by atoms with van der Waals surface area (Å²) in [7, 11) is 0. The third-order valence-corrected chi connectivity index (χ3v) is 2.44. The lowest BCUT2D eigenvalue weighted by atomic mass is 10.2. The summed E-state index contributed by atoms with van der Waals surface area (Å²) in [6.45, 7) is 1.96. The third kappa shape index (κ3) is 2.48. The molecule has 0 saturated carbocycles. The van der Waals surface area contributed by atoms with Gasteiger partial charge in [-0.25, -0.2) is 0 Å². The zero-order valence-corrected chi connectivity index (χ0v) is 7.34. The highest BCUT2D eigenvalue weighted by Crippen LogP contribution is 2.21. The van der Waals surface area contributed by atoms with E-state index in [-0.39, 0.29) is 6.10 Å². The van der Waals surface area contributed by atoms with Crippen LogP contribution in [0.4, 0.5) is 0 Å². The van der Waals surface area contributed by atoms with E-state index in [0.29, 0.717) is 0 Å². The first-order chi connectivity index (χ1) is 5.34. The van der Waals surface area contributed by atoms with Crippen molar-refractivity contribution in [3.63, 3.8) is 0 Å². The van der Waals surface area contributed by atoms with Gasteiger partial charge in [-0.3, -0.25) is 0 Å². The van der Waals surface area contributed by atoms with Gasteiger partial charge in [-0.1, -0.05) is 18.2 Å². The van der Waals surface area contributed by atoms with Crippen LogP contribution in [0.25, 0.3) is 0 Å². The molecule has 1 unspecified atom stereocenters. The molecule has 0 aromatic carbocycles. The van der Waals surface area contributed by atoms with Crippen LogP contribution in [-0.4, -0.2) is 5.11 Å². The second-order valence-electron chi connectivity index (χ2n) is 2.34. The van der Waals surface area contributed by atoms with Gasteiger partial charge < -0.3 is 5.11 Å². The van der Waals surface area contributed by atoms with Crippen molar-refractivity contribution < 1.29 is 5.11 Å². The first kappa shape index (κ1) is 8.50. The molecule has 0 bridgehead atoms. The number of aliphatic hydroxyl groups excluding tert-OH is 1. The van der Waals surface area contributed by atoms with Gasteiger partial charge >= 0.3 is 0 Å². The van der Waals surface area contributed by atoms with Crippen molar-refractivity contribution in [2.75, 3.05) is 0 Å².